The van der Waals surface area contributed by atoms with E-state index in [1.165, 1.54) is 12.8 Å². The molecular formula is C12H20N4. The molecule has 2 rings (SSSR count). The van der Waals surface area contributed by atoms with Crippen LogP contribution in [-0.2, 0) is 6.42 Å². The highest BCUT2D eigenvalue weighted by Crippen LogP contribution is 2.32. The Hall–Kier alpha value is -1.32. The van der Waals surface area contributed by atoms with Crippen LogP contribution in [-0.4, -0.2) is 23.1 Å². The molecule has 1 aliphatic carbocycles. The first-order chi connectivity index (χ1) is 7.76. The summed E-state index contributed by atoms with van der Waals surface area (Å²) in [4.78, 5) is 10.8. The summed E-state index contributed by atoms with van der Waals surface area (Å²) in [6.45, 7) is 6.36. The first-order valence-electron chi connectivity index (χ1n) is 6.10. The molecule has 0 saturated heterocycles. The van der Waals surface area contributed by atoms with Crippen LogP contribution in [0.2, 0.25) is 0 Å². The van der Waals surface area contributed by atoms with Crippen molar-refractivity contribution in [3.8, 4) is 0 Å². The van der Waals surface area contributed by atoms with Gasteiger partial charge in [-0.05, 0) is 32.1 Å². The van der Waals surface area contributed by atoms with Crippen LogP contribution in [0.15, 0.2) is 6.33 Å². The smallest absolute Gasteiger partial charge is 0.137 e. The summed E-state index contributed by atoms with van der Waals surface area (Å²) >= 11 is 0. The molecule has 0 aliphatic heterocycles. The van der Waals surface area contributed by atoms with E-state index in [1.807, 2.05) is 0 Å². The van der Waals surface area contributed by atoms with E-state index in [2.05, 4.69) is 28.7 Å². The van der Waals surface area contributed by atoms with E-state index in [1.54, 1.807) is 6.33 Å². The number of hydrogen-bond acceptors (Lipinski definition) is 4. The Labute approximate surface area is 96.9 Å². The summed E-state index contributed by atoms with van der Waals surface area (Å²) in [6, 6.07) is 0. The third kappa shape index (κ3) is 2.26. The number of nitrogens with zero attached hydrogens (tertiary/aromatic N) is 3. The van der Waals surface area contributed by atoms with Crippen molar-refractivity contribution in [3.63, 3.8) is 0 Å². The van der Waals surface area contributed by atoms with Gasteiger partial charge in [-0.2, -0.15) is 0 Å². The van der Waals surface area contributed by atoms with Crippen LogP contribution >= 0.6 is 0 Å². The molecule has 1 fully saturated rings. The van der Waals surface area contributed by atoms with Crippen LogP contribution in [0.5, 0.6) is 0 Å². The van der Waals surface area contributed by atoms with Crippen molar-refractivity contribution in [3.05, 3.63) is 11.9 Å². The number of hydrogen-bond donors (Lipinski definition) is 1. The molecule has 1 heterocycles. The predicted octanol–water partition coefficient (Wildman–Crippen LogP) is 1.86. The molecule has 4 nitrogen and oxygen atoms in total. The minimum atomic E-state index is 0.627. The van der Waals surface area contributed by atoms with Gasteiger partial charge in [0.1, 0.15) is 18.0 Å². The van der Waals surface area contributed by atoms with Gasteiger partial charge in [-0.15, -0.1) is 0 Å². The van der Waals surface area contributed by atoms with Gasteiger partial charge in [-0.25, -0.2) is 9.97 Å². The predicted molar refractivity (Wildman–Crippen MR) is 66.4 cm³/mol. The van der Waals surface area contributed by atoms with Crippen LogP contribution < -0.4 is 10.6 Å². The normalized spacial score (nSPS) is 15.1. The van der Waals surface area contributed by atoms with Crippen molar-refractivity contribution in [2.45, 2.75) is 33.1 Å². The van der Waals surface area contributed by atoms with Crippen LogP contribution in [0, 0.1) is 5.92 Å². The molecule has 16 heavy (non-hydrogen) atoms. The second-order valence-corrected chi connectivity index (χ2v) is 4.40. The van der Waals surface area contributed by atoms with Gasteiger partial charge in [-0.1, -0.05) is 6.92 Å². The van der Waals surface area contributed by atoms with E-state index < -0.39 is 0 Å². The molecule has 2 N–H and O–H groups in total. The summed E-state index contributed by atoms with van der Waals surface area (Å²) in [7, 11) is 0. The average Bonchev–Trinajstić information content (AvgIpc) is 3.09. The van der Waals surface area contributed by atoms with Crippen molar-refractivity contribution < 1.29 is 0 Å². The van der Waals surface area contributed by atoms with Gasteiger partial charge in [-0.3, -0.25) is 0 Å². The Morgan fingerprint density at radius 2 is 2.12 bits per heavy atom. The summed E-state index contributed by atoms with van der Waals surface area (Å²) < 4.78 is 0. The lowest BCUT2D eigenvalue weighted by molar-refractivity contribution is 0.725. The quantitative estimate of drug-likeness (QED) is 0.823. The van der Waals surface area contributed by atoms with Gasteiger partial charge in [0.25, 0.3) is 0 Å². The van der Waals surface area contributed by atoms with Crippen molar-refractivity contribution >= 4 is 11.6 Å². The Balaban J connectivity index is 2.24. The number of aromatic nitrogens is 2. The summed E-state index contributed by atoms with van der Waals surface area (Å²) in [6.07, 6.45) is 5.18. The maximum atomic E-state index is 5.89. The standard InChI is InChI=1S/C12H20N4/c1-3-10-11(13)14-8-15-12(10)16(4-2)7-9-5-6-9/h8-9H,3-7H2,1-2H3,(H2,13,14,15). The van der Waals surface area contributed by atoms with Crippen molar-refractivity contribution in [1.82, 2.24) is 9.97 Å². The lowest BCUT2D eigenvalue weighted by atomic mass is 10.2. The fourth-order valence-electron chi connectivity index (χ4n) is 2.01. The lowest BCUT2D eigenvalue weighted by Gasteiger charge is -2.24. The molecule has 0 aromatic carbocycles. The van der Waals surface area contributed by atoms with Gasteiger partial charge < -0.3 is 10.6 Å². The fourth-order valence-corrected chi connectivity index (χ4v) is 2.01. The van der Waals surface area contributed by atoms with Gasteiger partial charge in [0.2, 0.25) is 0 Å². The number of rotatable bonds is 5. The number of anilines is 2. The molecule has 0 amide bonds. The van der Waals surface area contributed by atoms with E-state index in [0.717, 1.165) is 36.8 Å². The second kappa shape index (κ2) is 4.68. The highest BCUT2D eigenvalue weighted by Gasteiger charge is 2.25. The van der Waals surface area contributed by atoms with Crippen LogP contribution in [0.1, 0.15) is 32.3 Å². The Morgan fingerprint density at radius 3 is 2.69 bits per heavy atom. The number of nitrogens with two attached hydrogens (primary N) is 1. The highest BCUT2D eigenvalue weighted by atomic mass is 15.2. The summed E-state index contributed by atoms with van der Waals surface area (Å²) in [5.74, 6) is 2.52. The van der Waals surface area contributed by atoms with Crippen LogP contribution in [0.3, 0.4) is 0 Å². The minimum absolute atomic E-state index is 0.627. The first-order valence-corrected chi connectivity index (χ1v) is 6.10. The van der Waals surface area contributed by atoms with Crippen molar-refractivity contribution in [2.24, 2.45) is 5.92 Å². The monoisotopic (exact) mass is 220 g/mol. The highest BCUT2D eigenvalue weighted by molar-refractivity contribution is 5.56. The van der Waals surface area contributed by atoms with E-state index in [9.17, 15) is 0 Å². The maximum absolute atomic E-state index is 5.89. The SMILES string of the molecule is CCc1c(N)ncnc1N(CC)CC1CC1. The van der Waals surface area contributed by atoms with E-state index >= 15 is 0 Å². The zero-order valence-electron chi connectivity index (χ0n) is 10.1. The molecule has 1 aliphatic rings. The van der Waals surface area contributed by atoms with Gasteiger partial charge in [0, 0.05) is 18.7 Å². The van der Waals surface area contributed by atoms with Gasteiger partial charge in [0.15, 0.2) is 0 Å². The van der Waals surface area contributed by atoms with Gasteiger partial charge in [0.05, 0.1) is 0 Å². The largest absolute Gasteiger partial charge is 0.383 e. The lowest BCUT2D eigenvalue weighted by Crippen LogP contribution is -2.27. The van der Waals surface area contributed by atoms with E-state index in [0.29, 0.717) is 5.82 Å². The van der Waals surface area contributed by atoms with Gasteiger partial charge >= 0.3 is 0 Å². The zero-order valence-corrected chi connectivity index (χ0v) is 10.1. The second-order valence-electron chi connectivity index (χ2n) is 4.40. The minimum Gasteiger partial charge on any atom is -0.383 e. The third-order valence-electron chi connectivity index (χ3n) is 3.17. The summed E-state index contributed by atoms with van der Waals surface area (Å²) in [5.41, 5.74) is 6.98. The molecule has 0 unspecified atom stereocenters. The molecule has 1 aromatic rings. The van der Waals surface area contributed by atoms with Crippen LogP contribution in [0.4, 0.5) is 11.6 Å². The van der Waals surface area contributed by atoms with Crippen molar-refractivity contribution in [2.75, 3.05) is 23.7 Å². The molecule has 0 bridgehead atoms. The fraction of sp³-hybridized carbons (Fsp3) is 0.667. The topological polar surface area (TPSA) is 55.0 Å². The Kier molecular flexibility index (Phi) is 3.27. The Bertz CT molecular complexity index is 360. The van der Waals surface area contributed by atoms with Crippen molar-refractivity contribution in [1.29, 1.82) is 0 Å². The molecule has 88 valence electrons. The molecule has 1 saturated carbocycles. The Morgan fingerprint density at radius 1 is 1.38 bits per heavy atom. The van der Waals surface area contributed by atoms with E-state index in [-0.39, 0.29) is 0 Å². The number of nitrogen functional groups attached to an aromatic ring is 1. The third-order valence-corrected chi connectivity index (χ3v) is 3.17. The molecule has 0 radical (unpaired) electrons. The summed E-state index contributed by atoms with van der Waals surface area (Å²) in [5, 5.41) is 0. The molecule has 0 spiro atoms. The first kappa shape index (κ1) is 11.2. The van der Waals surface area contributed by atoms with Crippen LogP contribution in [0.25, 0.3) is 0 Å². The molecule has 0 atom stereocenters. The van der Waals surface area contributed by atoms with E-state index in [4.69, 9.17) is 5.73 Å². The molecular weight excluding hydrogens is 200 g/mol. The molecule has 4 heteroatoms. The molecule has 1 aromatic heterocycles. The average molecular weight is 220 g/mol. The maximum Gasteiger partial charge on any atom is 0.137 e. The zero-order chi connectivity index (χ0) is 11.5.